The minimum Gasteiger partial charge on any atom is -0.352 e. The van der Waals surface area contributed by atoms with Gasteiger partial charge in [-0.1, -0.05) is 24.6 Å². The molecule has 5 nitrogen and oxygen atoms in total. The summed E-state index contributed by atoms with van der Waals surface area (Å²) in [5.74, 6) is -0.515. The van der Waals surface area contributed by atoms with Crippen molar-refractivity contribution in [3.63, 3.8) is 0 Å². The Bertz CT molecular complexity index is 732. The van der Waals surface area contributed by atoms with E-state index in [-0.39, 0.29) is 11.8 Å². The fraction of sp³-hybridized carbons (Fsp3) is 0.235. The van der Waals surface area contributed by atoms with Crippen LogP contribution in [0.5, 0.6) is 0 Å². The van der Waals surface area contributed by atoms with Gasteiger partial charge in [-0.05, 0) is 37.6 Å². The number of halogens is 1. The third-order valence-electron chi connectivity index (χ3n) is 3.21. The van der Waals surface area contributed by atoms with E-state index in [9.17, 15) is 9.59 Å². The van der Waals surface area contributed by atoms with E-state index in [1.165, 1.54) is 6.20 Å². The number of pyridine rings is 1. The normalized spacial score (nSPS) is 10.2. The Labute approximate surface area is 140 Å². The molecule has 0 aliphatic heterocycles. The van der Waals surface area contributed by atoms with Crippen molar-refractivity contribution in [1.29, 1.82) is 0 Å². The zero-order valence-corrected chi connectivity index (χ0v) is 13.8. The minimum atomic E-state index is -0.322. The Balaban J connectivity index is 2.13. The molecule has 1 aromatic carbocycles. The predicted octanol–water partition coefficient (Wildman–Crippen LogP) is 3.44. The number of nitrogens with one attached hydrogen (secondary N) is 2. The maximum absolute atomic E-state index is 12.3. The molecular weight excluding hydrogens is 314 g/mol. The Kier molecular flexibility index (Phi) is 5.71. The maximum atomic E-state index is 12.3. The molecule has 120 valence electrons. The van der Waals surface area contributed by atoms with Crippen LogP contribution < -0.4 is 10.6 Å². The van der Waals surface area contributed by atoms with E-state index in [4.69, 9.17) is 11.6 Å². The van der Waals surface area contributed by atoms with Gasteiger partial charge in [0.2, 0.25) is 0 Å². The molecule has 0 spiro atoms. The lowest BCUT2D eigenvalue weighted by atomic mass is 10.1. The highest BCUT2D eigenvalue weighted by molar-refractivity contribution is 6.31. The molecule has 2 N–H and O–H groups in total. The van der Waals surface area contributed by atoms with Crippen LogP contribution in [0.2, 0.25) is 5.02 Å². The molecule has 23 heavy (non-hydrogen) atoms. The topological polar surface area (TPSA) is 71.1 Å². The van der Waals surface area contributed by atoms with E-state index in [0.29, 0.717) is 34.1 Å². The molecule has 1 heterocycles. The second kappa shape index (κ2) is 7.74. The first-order chi connectivity index (χ1) is 11.0. The van der Waals surface area contributed by atoms with Crippen LogP contribution in [0.3, 0.4) is 0 Å². The quantitative estimate of drug-likeness (QED) is 0.881. The van der Waals surface area contributed by atoms with Gasteiger partial charge in [-0.2, -0.15) is 0 Å². The van der Waals surface area contributed by atoms with E-state index in [2.05, 4.69) is 15.6 Å². The molecule has 0 saturated heterocycles. The van der Waals surface area contributed by atoms with Gasteiger partial charge < -0.3 is 10.6 Å². The van der Waals surface area contributed by atoms with Crippen LogP contribution in [0.4, 0.5) is 5.69 Å². The summed E-state index contributed by atoms with van der Waals surface area (Å²) in [7, 11) is 0. The number of aromatic nitrogens is 1. The van der Waals surface area contributed by atoms with E-state index < -0.39 is 0 Å². The highest BCUT2D eigenvalue weighted by atomic mass is 35.5. The lowest BCUT2D eigenvalue weighted by Gasteiger charge is -2.08. The van der Waals surface area contributed by atoms with E-state index in [1.807, 2.05) is 6.92 Å². The predicted molar refractivity (Wildman–Crippen MR) is 91.0 cm³/mol. The first kappa shape index (κ1) is 17.0. The molecular formula is C17H18ClN3O2. The Hall–Kier alpha value is -2.40. The van der Waals surface area contributed by atoms with Gasteiger partial charge in [-0.3, -0.25) is 14.6 Å². The average molecular weight is 332 g/mol. The minimum absolute atomic E-state index is 0.193. The van der Waals surface area contributed by atoms with Gasteiger partial charge in [-0.15, -0.1) is 0 Å². The van der Waals surface area contributed by atoms with Gasteiger partial charge in [0.05, 0.1) is 22.6 Å². The lowest BCUT2D eigenvalue weighted by molar-refractivity contribution is 0.0953. The van der Waals surface area contributed by atoms with Crippen molar-refractivity contribution < 1.29 is 9.59 Å². The monoisotopic (exact) mass is 331 g/mol. The number of hydrogen-bond donors (Lipinski definition) is 2. The number of amides is 2. The largest absolute Gasteiger partial charge is 0.352 e. The molecule has 6 heteroatoms. The second-order valence-corrected chi connectivity index (χ2v) is 5.49. The smallest absolute Gasteiger partial charge is 0.255 e. The number of aryl methyl sites for hydroxylation is 1. The van der Waals surface area contributed by atoms with Crippen molar-refractivity contribution in [2.45, 2.75) is 20.3 Å². The summed E-state index contributed by atoms with van der Waals surface area (Å²) in [4.78, 5) is 28.3. The first-order valence-corrected chi connectivity index (χ1v) is 7.71. The summed E-state index contributed by atoms with van der Waals surface area (Å²) >= 11 is 5.99. The van der Waals surface area contributed by atoms with E-state index in [1.54, 1.807) is 37.3 Å². The number of benzene rings is 1. The highest BCUT2D eigenvalue weighted by Gasteiger charge is 2.11. The fourth-order valence-electron chi connectivity index (χ4n) is 1.92. The van der Waals surface area contributed by atoms with Crippen molar-refractivity contribution in [2.24, 2.45) is 0 Å². The maximum Gasteiger partial charge on any atom is 0.255 e. The first-order valence-electron chi connectivity index (χ1n) is 7.33. The molecule has 0 unspecified atom stereocenters. The average Bonchev–Trinajstić information content (AvgIpc) is 2.56. The van der Waals surface area contributed by atoms with Crippen molar-refractivity contribution >= 4 is 29.1 Å². The highest BCUT2D eigenvalue weighted by Crippen LogP contribution is 2.18. The van der Waals surface area contributed by atoms with E-state index in [0.717, 1.165) is 6.42 Å². The number of hydrogen-bond acceptors (Lipinski definition) is 3. The van der Waals surface area contributed by atoms with Gasteiger partial charge in [-0.25, -0.2) is 0 Å². The molecule has 0 radical (unpaired) electrons. The summed E-state index contributed by atoms with van der Waals surface area (Å²) in [6.45, 7) is 4.36. The second-order valence-electron chi connectivity index (χ2n) is 5.08. The standard InChI is InChI=1S/C17H18ClN3O2/c1-3-7-19-16(22)12-5-4-6-13(8-12)17(23)21-14-9-15(18)11(2)20-10-14/h4-6,8-10H,3,7H2,1-2H3,(H,19,22)(H,21,23). The van der Waals surface area contributed by atoms with Crippen LogP contribution in [0.25, 0.3) is 0 Å². The fourth-order valence-corrected chi connectivity index (χ4v) is 2.09. The number of carbonyl (C=O) groups excluding carboxylic acids is 2. The Morgan fingerprint density at radius 3 is 2.52 bits per heavy atom. The van der Waals surface area contributed by atoms with Gasteiger partial charge in [0, 0.05) is 17.7 Å². The van der Waals surface area contributed by atoms with E-state index >= 15 is 0 Å². The SMILES string of the molecule is CCCNC(=O)c1cccc(C(=O)Nc2cnc(C)c(Cl)c2)c1. The summed E-state index contributed by atoms with van der Waals surface area (Å²) in [5, 5.41) is 5.98. The molecule has 2 rings (SSSR count). The zero-order valence-electron chi connectivity index (χ0n) is 13.0. The van der Waals surface area contributed by atoms with Crippen LogP contribution in [-0.4, -0.2) is 23.3 Å². The molecule has 0 saturated carbocycles. The van der Waals surface area contributed by atoms with Crippen LogP contribution in [-0.2, 0) is 0 Å². The number of anilines is 1. The van der Waals surface area contributed by atoms with Crippen LogP contribution in [0, 0.1) is 6.92 Å². The third-order valence-corrected chi connectivity index (χ3v) is 3.59. The number of nitrogens with zero attached hydrogens (tertiary/aromatic N) is 1. The summed E-state index contributed by atoms with van der Waals surface area (Å²) in [5.41, 5.74) is 2.04. The molecule has 1 aromatic heterocycles. The Morgan fingerprint density at radius 1 is 1.17 bits per heavy atom. The number of rotatable bonds is 5. The van der Waals surface area contributed by atoms with Crippen LogP contribution in [0.15, 0.2) is 36.5 Å². The van der Waals surface area contributed by atoms with Gasteiger partial charge in [0.25, 0.3) is 11.8 Å². The lowest BCUT2D eigenvalue weighted by Crippen LogP contribution is -2.24. The summed E-state index contributed by atoms with van der Waals surface area (Å²) < 4.78 is 0. The van der Waals surface area contributed by atoms with Gasteiger partial charge in [0.15, 0.2) is 0 Å². The van der Waals surface area contributed by atoms with Crippen LogP contribution in [0.1, 0.15) is 39.8 Å². The van der Waals surface area contributed by atoms with Crippen molar-refractivity contribution in [3.8, 4) is 0 Å². The van der Waals surface area contributed by atoms with Crippen molar-refractivity contribution in [1.82, 2.24) is 10.3 Å². The molecule has 2 amide bonds. The molecule has 0 bridgehead atoms. The molecule has 0 fully saturated rings. The summed E-state index contributed by atoms with van der Waals surface area (Å²) in [6.07, 6.45) is 2.39. The Morgan fingerprint density at radius 2 is 1.87 bits per heavy atom. The molecule has 0 aliphatic carbocycles. The van der Waals surface area contributed by atoms with Gasteiger partial charge in [0.1, 0.15) is 0 Å². The van der Waals surface area contributed by atoms with Crippen molar-refractivity contribution in [2.75, 3.05) is 11.9 Å². The molecule has 0 aliphatic rings. The van der Waals surface area contributed by atoms with Gasteiger partial charge >= 0.3 is 0 Å². The number of carbonyl (C=O) groups is 2. The van der Waals surface area contributed by atoms with Crippen molar-refractivity contribution in [3.05, 3.63) is 58.4 Å². The zero-order chi connectivity index (χ0) is 16.8. The molecule has 2 aromatic rings. The third kappa shape index (κ3) is 4.53. The molecule has 0 atom stereocenters. The van der Waals surface area contributed by atoms with Crippen LogP contribution >= 0.6 is 11.6 Å². The summed E-state index contributed by atoms with van der Waals surface area (Å²) in [6, 6.07) is 8.19.